The van der Waals surface area contributed by atoms with E-state index in [1.807, 2.05) is 24.3 Å². The van der Waals surface area contributed by atoms with Gasteiger partial charge in [-0.2, -0.15) is 0 Å². The average Bonchev–Trinajstić information content (AvgIpc) is 2.71. The Morgan fingerprint density at radius 1 is 0.947 bits per heavy atom. The fraction of sp³-hybridized carbons (Fsp3) is 0.250. The van der Waals surface area contributed by atoms with Crippen LogP contribution in [0.25, 0.3) is 0 Å². The number of rotatable bonds is 2. The molecule has 98 valence electrons. The first kappa shape index (κ1) is 12.3. The van der Waals surface area contributed by atoms with E-state index in [-0.39, 0.29) is 12.0 Å². The second-order valence-corrected chi connectivity index (χ2v) is 5.24. The van der Waals surface area contributed by atoms with Crippen molar-refractivity contribution in [1.29, 1.82) is 0 Å². The van der Waals surface area contributed by atoms with Gasteiger partial charge >= 0.3 is 0 Å². The summed E-state index contributed by atoms with van der Waals surface area (Å²) >= 11 is 0. The van der Waals surface area contributed by atoms with Crippen LogP contribution in [-0.4, -0.2) is 10.7 Å². The van der Waals surface area contributed by atoms with E-state index in [0.29, 0.717) is 12.8 Å². The van der Waals surface area contributed by atoms with Crippen LogP contribution in [0.2, 0.25) is 0 Å². The van der Waals surface area contributed by atoms with Gasteiger partial charge in [-0.25, -0.2) is 8.78 Å². The predicted octanol–water partition coefficient (Wildman–Crippen LogP) is 3.04. The molecule has 0 aromatic heterocycles. The summed E-state index contributed by atoms with van der Waals surface area (Å²) in [5, 5.41) is 10.6. The molecule has 2 aromatic rings. The number of hydrogen-bond donors (Lipinski definition) is 1. The first-order chi connectivity index (χ1) is 9.07. The maximum absolute atomic E-state index is 13.7. The largest absolute Gasteiger partial charge is 0.389 e. The van der Waals surface area contributed by atoms with E-state index in [2.05, 4.69) is 0 Å². The van der Waals surface area contributed by atoms with E-state index >= 15 is 0 Å². The molecule has 0 bridgehead atoms. The van der Waals surface area contributed by atoms with Crippen molar-refractivity contribution < 1.29 is 13.9 Å². The summed E-state index contributed by atoms with van der Waals surface area (Å²) < 4.78 is 26.9. The molecule has 2 aromatic carbocycles. The lowest BCUT2D eigenvalue weighted by Crippen LogP contribution is -2.32. The summed E-state index contributed by atoms with van der Waals surface area (Å²) in [7, 11) is 0. The highest BCUT2D eigenvalue weighted by atomic mass is 19.2. The van der Waals surface area contributed by atoms with Crippen LogP contribution < -0.4 is 0 Å². The van der Waals surface area contributed by atoms with Crippen LogP contribution in [0.15, 0.2) is 42.5 Å². The molecule has 0 aliphatic heterocycles. The molecule has 0 spiro atoms. The molecular weight excluding hydrogens is 246 g/mol. The molecule has 3 rings (SSSR count). The highest BCUT2D eigenvalue weighted by Crippen LogP contribution is 2.33. The molecule has 1 aliphatic rings. The smallest absolute Gasteiger partial charge is 0.162 e. The van der Waals surface area contributed by atoms with Crippen LogP contribution in [0, 0.1) is 11.6 Å². The second kappa shape index (κ2) is 4.42. The van der Waals surface area contributed by atoms with Crippen molar-refractivity contribution in [2.45, 2.75) is 24.9 Å². The fourth-order valence-corrected chi connectivity index (χ4v) is 2.84. The summed E-state index contributed by atoms with van der Waals surface area (Å²) in [4.78, 5) is 0. The fourth-order valence-electron chi connectivity index (χ4n) is 2.84. The summed E-state index contributed by atoms with van der Waals surface area (Å²) in [6, 6.07) is 11.9. The Bertz CT molecular complexity index is 597. The molecular formula is C16H14F2O. The molecule has 0 unspecified atom stereocenters. The minimum atomic E-state index is -1.02. The summed E-state index contributed by atoms with van der Waals surface area (Å²) in [5.74, 6) is -1.72. The Morgan fingerprint density at radius 2 is 1.58 bits per heavy atom. The standard InChI is InChI=1S/C16H14F2O/c17-14-7-3-6-13(15(14)18)10-16(19)8-11-4-1-2-5-12(11)9-16/h1-7,19H,8-10H2. The van der Waals surface area contributed by atoms with Gasteiger partial charge in [0, 0.05) is 19.3 Å². The lowest BCUT2D eigenvalue weighted by Gasteiger charge is -2.22. The van der Waals surface area contributed by atoms with Gasteiger partial charge in [0.05, 0.1) is 5.60 Å². The molecule has 1 N–H and O–H groups in total. The van der Waals surface area contributed by atoms with Gasteiger partial charge in [0.25, 0.3) is 0 Å². The third-order valence-electron chi connectivity index (χ3n) is 3.71. The Balaban J connectivity index is 1.87. The molecule has 19 heavy (non-hydrogen) atoms. The third kappa shape index (κ3) is 2.26. The van der Waals surface area contributed by atoms with Crippen LogP contribution >= 0.6 is 0 Å². The van der Waals surface area contributed by atoms with Gasteiger partial charge in [-0.05, 0) is 22.8 Å². The van der Waals surface area contributed by atoms with E-state index in [4.69, 9.17) is 0 Å². The van der Waals surface area contributed by atoms with Gasteiger partial charge in [0.2, 0.25) is 0 Å². The van der Waals surface area contributed by atoms with Crippen LogP contribution in [0.4, 0.5) is 8.78 Å². The number of halogens is 2. The zero-order valence-corrected chi connectivity index (χ0v) is 10.4. The molecule has 1 aliphatic carbocycles. The number of benzene rings is 2. The van der Waals surface area contributed by atoms with Crippen molar-refractivity contribution in [2.24, 2.45) is 0 Å². The van der Waals surface area contributed by atoms with Crippen LogP contribution in [-0.2, 0) is 19.3 Å². The molecule has 0 saturated carbocycles. The number of aliphatic hydroxyl groups is 1. The second-order valence-electron chi connectivity index (χ2n) is 5.24. The monoisotopic (exact) mass is 260 g/mol. The number of hydrogen-bond acceptors (Lipinski definition) is 1. The first-order valence-corrected chi connectivity index (χ1v) is 6.29. The Labute approximate surface area is 110 Å². The highest BCUT2D eigenvalue weighted by Gasteiger charge is 2.35. The van der Waals surface area contributed by atoms with Crippen molar-refractivity contribution in [3.05, 3.63) is 70.8 Å². The molecule has 0 radical (unpaired) electrons. The zero-order valence-electron chi connectivity index (χ0n) is 10.4. The maximum Gasteiger partial charge on any atom is 0.162 e. The van der Waals surface area contributed by atoms with E-state index in [1.54, 1.807) is 0 Å². The van der Waals surface area contributed by atoms with Crippen LogP contribution in [0.3, 0.4) is 0 Å². The van der Waals surface area contributed by atoms with Gasteiger partial charge in [-0.3, -0.25) is 0 Å². The van der Waals surface area contributed by atoms with Crippen molar-refractivity contribution in [3.8, 4) is 0 Å². The molecule has 0 atom stereocenters. The number of fused-ring (bicyclic) bond motifs is 1. The van der Waals surface area contributed by atoms with Crippen molar-refractivity contribution in [2.75, 3.05) is 0 Å². The molecule has 3 heteroatoms. The van der Waals surface area contributed by atoms with E-state index in [9.17, 15) is 13.9 Å². The first-order valence-electron chi connectivity index (χ1n) is 6.29. The van der Waals surface area contributed by atoms with Gasteiger partial charge in [0.15, 0.2) is 11.6 Å². The summed E-state index contributed by atoms with van der Waals surface area (Å²) in [5.41, 5.74) is 1.39. The molecule has 0 amide bonds. The lowest BCUT2D eigenvalue weighted by molar-refractivity contribution is 0.0508. The van der Waals surface area contributed by atoms with Crippen LogP contribution in [0.1, 0.15) is 16.7 Å². The quantitative estimate of drug-likeness (QED) is 0.880. The van der Waals surface area contributed by atoms with E-state index in [0.717, 1.165) is 17.2 Å². The Hall–Kier alpha value is -1.74. The van der Waals surface area contributed by atoms with E-state index < -0.39 is 17.2 Å². The van der Waals surface area contributed by atoms with E-state index in [1.165, 1.54) is 12.1 Å². The average molecular weight is 260 g/mol. The maximum atomic E-state index is 13.7. The van der Waals surface area contributed by atoms with Gasteiger partial charge in [0.1, 0.15) is 0 Å². The zero-order chi connectivity index (χ0) is 13.5. The molecule has 1 nitrogen and oxygen atoms in total. The van der Waals surface area contributed by atoms with Crippen LogP contribution in [0.5, 0.6) is 0 Å². The predicted molar refractivity (Wildman–Crippen MR) is 68.9 cm³/mol. The topological polar surface area (TPSA) is 20.2 Å². The minimum absolute atomic E-state index is 0.130. The lowest BCUT2D eigenvalue weighted by atomic mass is 9.91. The van der Waals surface area contributed by atoms with Crippen molar-refractivity contribution in [1.82, 2.24) is 0 Å². The Morgan fingerprint density at radius 3 is 2.21 bits per heavy atom. The van der Waals surface area contributed by atoms with Gasteiger partial charge < -0.3 is 5.11 Å². The Kier molecular flexibility index (Phi) is 2.86. The molecule has 0 saturated heterocycles. The normalized spacial score (nSPS) is 16.4. The SMILES string of the molecule is OC1(Cc2cccc(F)c2F)Cc2ccccc2C1. The van der Waals surface area contributed by atoms with Gasteiger partial charge in [-0.15, -0.1) is 0 Å². The van der Waals surface area contributed by atoms with Crippen molar-refractivity contribution >= 4 is 0 Å². The van der Waals surface area contributed by atoms with Gasteiger partial charge in [-0.1, -0.05) is 36.4 Å². The highest BCUT2D eigenvalue weighted by molar-refractivity contribution is 5.36. The summed E-state index contributed by atoms with van der Waals surface area (Å²) in [6.45, 7) is 0. The molecule has 0 heterocycles. The third-order valence-corrected chi connectivity index (χ3v) is 3.71. The van der Waals surface area contributed by atoms with Crippen molar-refractivity contribution in [3.63, 3.8) is 0 Å². The minimum Gasteiger partial charge on any atom is -0.389 e. The summed E-state index contributed by atoms with van der Waals surface area (Å²) in [6.07, 6.45) is 1.10. The molecule has 0 fully saturated rings.